The lowest BCUT2D eigenvalue weighted by atomic mass is 10.2. The van der Waals surface area contributed by atoms with E-state index in [0.717, 1.165) is 5.56 Å². The van der Waals surface area contributed by atoms with Gasteiger partial charge in [0, 0.05) is 12.5 Å². The molecular weight excluding hydrogens is 237 g/mol. The Morgan fingerprint density at radius 3 is 2.72 bits per heavy atom. The summed E-state index contributed by atoms with van der Waals surface area (Å²) in [4.78, 5) is 11.4. The fraction of sp³-hybridized carbons (Fsp3) is 0.462. The molecule has 0 aliphatic heterocycles. The molecule has 3 atom stereocenters. The van der Waals surface area contributed by atoms with Crippen molar-refractivity contribution < 1.29 is 19.0 Å². The number of benzene rings is 1. The highest BCUT2D eigenvalue weighted by molar-refractivity contribution is 5.67. The molecule has 0 radical (unpaired) electrons. The molecule has 0 aromatic heterocycles. The van der Waals surface area contributed by atoms with Gasteiger partial charge in [-0.15, -0.1) is 0 Å². The van der Waals surface area contributed by atoms with Gasteiger partial charge in [0.2, 0.25) is 0 Å². The molecule has 98 valence electrons. The van der Waals surface area contributed by atoms with Crippen LogP contribution in [0, 0.1) is 0 Å². The Kier molecular flexibility index (Phi) is 4.15. The molecule has 1 aromatic rings. The monoisotopic (exact) mass is 253 g/mol. The van der Waals surface area contributed by atoms with Crippen molar-refractivity contribution in [3.8, 4) is 0 Å². The molecular formula is C13H16FNO3. The van der Waals surface area contributed by atoms with Crippen LogP contribution in [0.2, 0.25) is 0 Å². The summed E-state index contributed by atoms with van der Waals surface area (Å²) in [5.74, 6) is 0. The van der Waals surface area contributed by atoms with Crippen LogP contribution in [0.1, 0.15) is 18.4 Å². The van der Waals surface area contributed by atoms with Crippen molar-refractivity contribution in [2.45, 2.75) is 37.8 Å². The minimum Gasteiger partial charge on any atom is -0.445 e. The van der Waals surface area contributed by atoms with Gasteiger partial charge < -0.3 is 15.2 Å². The van der Waals surface area contributed by atoms with Gasteiger partial charge in [-0.25, -0.2) is 9.18 Å². The lowest BCUT2D eigenvalue weighted by Crippen LogP contribution is -2.33. The van der Waals surface area contributed by atoms with E-state index in [0.29, 0.717) is 0 Å². The van der Waals surface area contributed by atoms with Crippen molar-refractivity contribution >= 4 is 6.09 Å². The summed E-state index contributed by atoms with van der Waals surface area (Å²) in [6.45, 7) is 0.182. The molecule has 0 spiro atoms. The molecule has 0 saturated heterocycles. The number of hydrogen-bond donors (Lipinski definition) is 2. The van der Waals surface area contributed by atoms with Gasteiger partial charge in [-0.05, 0) is 12.0 Å². The molecule has 4 nitrogen and oxygen atoms in total. The molecule has 1 aliphatic rings. The molecule has 0 heterocycles. The van der Waals surface area contributed by atoms with E-state index in [4.69, 9.17) is 4.74 Å². The summed E-state index contributed by atoms with van der Waals surface area (Å²) < 4.78 is 18.0. The standard InChI is InChI=1S/C13H16FNO3/c14-11-6-10(7-12(11)16)15-13(17)18-8-9-4-2-1-3-5-9/h1-5,10-12,16H,6-8H2,(H,15,17)/t10?,11-,12-/m1/s1. The van der Waals surface area contributed by atoms with E-state index in [2.05, 4.69) is 5.32 Å². The highest BCUT2D eigenvalue weighted by Crippen LogP contribution is 2.22. The number of aliphatic hydroxyl groups is 1. The Morgan fingerprint density at radius 2 is 2.11 bits per heavy atom. The minimum atomic E-state index is -1.26. The van der Waals surface area contributed by atoms with Crippen molar-refractivity contribution in [3.63, 3.8) is 0 Å². The first kappa shape index (κ1) is 12.8. The summed E-state index contributed by atoms with van der Waals surface area (Å²) in [6.07, 6.45) is -2.44. The third-order valence-electron chi connectivity index (χ3n) is 2.99. The summed E-state index contributed by atoms with van der Waals surface area (Å²) in [5, 5.41) is 11.8. The van der Waals surface area contributed by atoms with Crippen molar-refractivity contribution in [3.05, 3.63) is 35.9 Å². The first-order valence-corrected chi connectivity index (χ1v) is 5.94. The van der Waals surface area contributed by atoms with Crippen LogP contribution in [0.5, 0.6) is 0 Å². The molecule has 1 saturated carbocycles. The molecule has 1 amide bonds. The van der Waals surface area contributed by atoms with E-state index in [1.54, 1.807) is 0 Å². The average molecular weight is 253 g/mol. The third-order valence-corrected chi connectivity index (χ3v) is 2.99. The molecule has 1 aliphatic carbocycles. The summed E-state index contributed by atoms with van der Waals surface area (Å²) >= 11 is 0. The normalized spacial score (nSPS) is 26.9. The first-order valence-electron chi connectivity index (χ1n) is 5.94. The van der Waals surface area contributed by atoms with E-state index < -0.39 is 18.4 Å². The zero-order valence-electron chi connectivity index (χ0n) is 9.88. The molecule has 2 N–H and O–H groups in total. The number of halogens is 1. The van der Waals surface area contributed by atoms with Crippen LogP contribution in [-0.4, -0.2) is 29.5 Å². The Bertz CT molecular complexity index is 388. The Hall–Kier alpha value is -1.62. The van der Waals surface area contributed by atoms with Gasteiger partial charge >= 0.3 is 6.09 Å². The van der Waals surface area contributed by atoms with Crippen LogP contribution >= 0.6 is 0 Å². The number of rotatable bonds is 3. The maximum atomic E-state index is 13.0. The second-order valence-corrected chi connectivity index (χ2v) is 4.46. The molecule has 1 aromatic carbocycles. The quantitative estimate of drug-likeness (QED) is 0.863. The summed E-state index contributed by atoms with van der Waals surface area (Å²) in [5.41, 5.74) is 0.891. The Balaban J connectivity index is 1.73. The third kappa shape index (κ3) is 3.43. The van der Waals surface area contributed by atoms with Gasteiger partial charge in [0.15, 0.2) is 0 Å². The van der Waals surface area contributed by atoms with Crippen molar-refractivity contribution in [1.82, 2.24) is 5.32 Å². The SMILES string of the molecule is O=C(NC1C[C@@H](O)[C@H](F)C1)OCc1ccccc1. The maximum Gasteiger partial charge on any atom is 0.407 e. The molecule has 18 heavy (non-hydrogen) atoms. The van der Waals surface area contributed by atoms with E-state index in [9.17, 15) is 14.3 Å². The van der Waals surface area contributed by atoms with Crippen LogP contribution in [0.3, 0.4) is 0 Å². The van der Waals surface area contributed by atoms with Crippen LogP contribution in [0.15, 0.2) is 30.3 Å². The van der Waals surface area contributed by atoms with Crippen molar-refractivity contribution in [2.24, 2.45) is 0 Å². The number of hydrogen-bond acceptors (Lipinski definition) is 3. The van der Waals surface area contributed by atoms with Crippen LogP contribution in [0.4, 0.5) is 9.18 Å². The van der Waals surface area contributed by atoms with E-state index in [1.807, 2.05) is 30.3 Å². The molecule has 5 heteroatoms. The number of alkyl halides is 1. The number of alkyl carbamates (subject to hydrolysis) is 1. The van der Waals surface area contributed by atoms with Gasteiger partial charge in [0.05, 0.1) is 6.10 Å². The topological polar surface area (TPSA) is 58.6 Å². The molecule has 0 bridgehead atoms. The second-order valence-electron chi connectivity index (χ2n) is 4.46. The molecule has 1 unspecified atom stereocenters. The van der Waals surface area contributed by atoms with Gasteiger partial charge in [0.25, 0.3) is 0 Å². The maximum absolute atomic E-state index is 13.0. The van der Waals surface area contributed by atoms with Gasteiger partial charge in [-0.3, -0.25) is 0 Å². The number of amides is 1. The largest absolute Gasteiger partial charge is 0.445 e. The predicted octanol–water partition coefficient (Wildman–Crippen LogP) is 1.77. The summed E-state index contributed by atoms with van der Waals surface area (Å²) in [6, 6.07) is 8.95. The molecule has 1 fully saturated rings. The highest BCUT2D eigenvalue weighted by Gasteiger charge is 2.33. The van der Waals surface area contributed by atoms with Crippen molar-refractivity contribution in [2.75, 3.05) is 0 Å². The van der Waals surface area contributed by atoms with Crippen LogP contribution < -0.4 is 5.32 Å². The zero-order valence-corrected chi connectivity index (χ0v) is 9.88. The van der Waals surface area contributed by atoms with Crippen LogP contribution in [-0.2, 0) is 11.3 Å². The fourth-order valence-electron chi connectivity index (χ4n) is 2.01. The molecule has 2 rings (SSSR count). The second kappa shape index (κ2) is 5.82. The number of aliphatic hydroxyl groups excluding tert-OH is 1. The van der Waals surface area contributed by atoms with Gasteiger partial charge in [-0.2, -0.15) is 0 Å². The highest BCUT2D eigenvalue weighted by atomic mass is 19.1. The predicted molar refractivity (Wildman–Crippen MR) is 63.7 cm³/mol. The minimum absolute atomic E-state index is 0.140. The lowest BCUT2D eigenvalue weighted by Gasteiger charge is -2.12. The number of carbonyl (C=O) groups is 1. The Morgan fingerprint density at radius 1 is 1.39 bits per heavy atom. The number of nitrogens with one attached hydrogen (secondary N) is 1. The Labute approximate surface area is 105 Å². The van der Waals surface area contributed by atoms with E-state index in [-0.39, 0.29) is 25.5 Å². The average Bonchev–Trinajstić information content (AvgIpc) is 2.67. The lowest BCUT2D eigenvalue weighted by molar-refractivity contribution is 0.103. The number of ether oxygens (including phenoxy) is 1. The fourth-order valence-corrected chi connectivity index (χ4v) is 2.01. The van der Waals surface area contributed by atoms with Gasteiger partial charge in [-0.1, -0.05) is 30.3 Å². The van der Waals surface area contributed by atoms with E-state index >= 15 is 0 Å². The smallest absolute Gasteiger partial charge is 0.407 e. The number of carbonyl (C=O) groups excluding carboxylic acids is 1. The first-order chi connectivity index (χ1) is 8.65. The van der Waals surface area contributed by atoms with E-state index in [1.165, 1.54) is 0 Å². The summed E-state index contributed by atoms with van der Waals surface area (Å²) in [7, 11) is 0. The van der Waals surface area contributed by atoms with Crippen LogP contribution in [0.25, 0.3) is 0 Å². The van der Waals surface area contributed by atoms with Gasteiger partial charge in [0.1, 0.15) is 12.8 Å². The zero-order chi connectivity index (χ0) is 13.0. The van der Waals surface area contributed by atoms with Crippen molar-refractivity contribution in [1.29, 1.82) is 0 Å².